The molecule has 0 aliphatic carbocycles. The number of amides is 1. The first-order valence-electron chi connectivity index (χ1n) is 7.84. The monoisotopic (exact) mass is 330 g/mol. The predicted molar refractivity (Wildman–Crippen MR) is 92.0 cm³/mol. The maximum absolute atomic E-state index is 11.1. The highest BCUT2D eigenvalue weighted by atomic mass is 16.4. The average molecular weight is 330 g/mol. The lowest BCUT2D eigenvalue weighted by atomic mass is 10.1. The van der Waals surface area contributed by atoms with Crippen molar-refractivity contribution in [3.63, 3.8) is 0 Å². The fraction of sp³-hybridized carbons (Fsp3) is 0.438. The Bertz CT molecular complexity index is 772. The van der Waals surface area contributed by atoms with Crippen LogP contribution in [0.15, 0.2) is 18.3 Å². The van der Waals surface area contributed by atoms with Gasteiger partial charge in [0.25, 0.3) is 0 Å². The summed E-state index contributed by atoms with van der Waals surface area (Å²) < 4.78 is 1.80. The number of carbonyl (C=O) groups is 1. The number of aromatic nitrogens is 3. The molecule has 1 aliphatic heterocycles. The fourth-order valence-electron chi connectivity index (χ4n) is 3.06. The van der Waals surface area contributed by atoms with Crippen LogP contribution in [0.3, 0.4) is 0 Å². The second kappa shape index (κ2) is 6.03. The molecule has 0 saturated carbocycles. The number of carboxylic acid groups (broad SMARTS) is 1. The first-order chi connectivity index (χ1) is 11.4. The summed E-state index contributed by atoms with van der Waals surface area (Å²) in [5.41, 5.74) is 9.70. The summed E-state index contributed by atoms with van der Waals surface area (Å²) >= 11 is 0. The van der Waals surface area contributed by atoms with Crippen molar-refractivity contribution in [3.8, 4) is 11.3 Å². The molecule has 0 aromatic carbocycles. The molecule has 1 aliphatic rings. The van der Waals surface area contributed by atoms with E-state index in [1.54, 1.807) is 17.9 Å². The molecule has 2 aromatic heterocycles. The summed E-state index contributed by atoms with van der Waals surface area (Å²) in [6, 6.07) is 3.81. The number of nitrogens with two attached hydrogens (primary N) is 1. The molecule has 1 saturated heterocycles. The summed E-state index contributed by atoms with van der Waals surface area (Å²) in [4.78, 5) is 19.1. The molecule has 0 spiro atoms. The normalized spacial score (nSPS) is 17.3. The lowest BCUT2D eigenvalue weighted by Crippen LogP contribution is -2.38. The van der Waals surface area contributed by atoms with Gasteiger partial charge in [-0.05, 0) is 19.4 Å². The van der Waals surface area contributed by atoms with Gasteiger partial charge in [0.2, 0.25) is 0 Å². The summed E-state index contributed by atoms with van der Waals surface area (Å²) in [6.45, 7) is 3.43. The highest BCUT2D eigenvalue weighted by Gasteiger charge is 2.29. The van der Waals surface area contributed by atoms with E-state index >= 15 is 0 Å². The number of nitrogens with zero attached hydrogens (tertiary/aromatic N) is 5. The quantitative estimate of drug-likeness (QED) is 0.886. The molecule has 8 heteroatoms. The number of hydrogen-bond acceptors (Lipinski definition) is 5. The summed E-state index contributed by atoms with van der Waals surface area (Å²) in [5, 5.41) is 13.4. The number of nitrogen functional groups attached to an aromatic ring is 1. The van der Waals surface area contributed by atoms with E-state index in [4.69, 9.17) is 10.8 Å². The van der Waals surface area contributed by atoms with Crippen LogP contribution in [0.1, 0.15) is 12.1 Å². The number of likely N-dealkylation sites (N-methyl/N-ethyl adjacent to an activating group) is 1. The van der Waals surface area contributed by atoms with Gasteiger partial charge >= 0.3 is 6.09 Å². The van der Waals surface area contributed by atoms with Gasteiger partial charge in [0.15, 0.2) is 0 Å². The molecular formula is C16H22N6O2. The van der Waals surface area contributed by atoms with E-state index in [1.807, 2.05) is 26.1 Å². The van der Waals surface area contributed by atoms with Gasteiger partial charge < -0.3 is 20.6 Å². The topological polar surface area (TPSA) is 101 Å². The van der Waals surface area contributed by atoms with Crippen LogP contribution in [0.4, 0.5) is 16.3 Å². The SMILES string of the molecule is Cc1c(-c2cc(N3CCC(N(C)C(=O)O)C3)cc(N)n2)cnn1C. The largest absolute Gasteiger partial charge is 0.465 e. The number of aryl methyl sites for hydroxylation is 1. The van der Waals surface area contributed by atoms with Crippen molar-refractivity contribution in [2.45, 2.75) is 19.4 Å². The lowest BCUT2D eigenvalue weighted by molar-refractivity contribution is 0.142. The van der Waals surface area contributed by atoms with E-state index in [0.29, 0.717) is 12.4 Å². The Morgan fingerprint density at radius 2 is 2.21 bits per heavy atom. The number of anilines is 2. The maximum atomic E-state index is 11.1. The smallest absolute Gasteiger partial charge is 0.407 e. The van der Waals surface area contributed by atoms with E-state index < -0.39 is 6.09 Å². The predicted octanol–water partition coefficient (Wildman–Crippen LogP) is 1.56. The van der Waals surface area contributed by atoms with Gasteiger partial charge in [0.05, 0.1) is 17.9 Å². The molecule has 8 nitrogen and oxygen atoms in total. The maximum Gasteiger partial charge on any atom is 0.407 e. The highest BCUT2D eigenvalue weighted by molar-refractivity contribution is 5.70. The minimum atomic E-state index is -0.900. The van der Waals surface area contributed by atoms with Crippen LogP contribution in [-0.4, -0.2) is 57.0 Å². The minimum Gasteiger partial charge on any atom is -0.465 e. The first-order valence-corrected chi connectivity index (χ1v) is 7.84. The van der Waals surface area contributed by atoms with Crippen molar-refractivity contribution in [2.75, 3.05) is 30.8 Å². The van der Waals surface area contributed by atoms with Crippen molar-refractivity contribution in [1.82, 2.24) is 19.7 Å². The van der Waals surface area contributed by atoms with Crippen LogP contribution in [-0.2, 0) is 7.05 Å². The summed E-state index contributed by atoms with van der Waals surface area (Å²) in [7, 11) is 3.50. The molecule has 0 bridgehead atoms. The standard InChI is InChI=1S/C16H22N6O2/c1-10-13(8-18-21(10)3)14-6-12(7-15(17)19-14)22-5-4-11(9-22)20(2)16(23)24/h6-8,11H,4-5,9H2,1-3H3,(H2,17,19)(H,23,24). The van der Waals surface area contributed by atoms with Crippen molar-refractivity contribution >= 4 is 17.6 Å². The van der Waals surface area contributed by atoms with E-state index in [-0.39, 0.29) is 6.04 Å². The Balaban J connectivity index is 1.88. The van der Waals surface area contributed by atoms with Crippen molar-refractivity contribution in [2.24, 2.45) is 7.05 Å². The van der Waals surface area contributed by atoms with Crippen LogP contribution in [0.2, 0.25) is 0 Å². The number of hydrogen-bond donors (Lipinski definition) is 2. The van der Waals surface area contributed by atoms with Crippen LogP contribution in [0.5, 0.6) is 0 Å². The minimum absolute atomic E-state index is 0.0135. The van der Waals surface area contributed by atoms with Gasteiger partial charge in [-0.15, -0.1) is 0 Å². The Kier molecular flexibility index (Phi) is 4.04. The van der Waals surface area contributed by atoms with Gasteiger partial charge in [-0.25, -0.2) is 9.78 Å². The molecule has 2 aromatic rings. The van der Waals surface area contributed by atoms with E-state index in [0.717, 1.165) is 35.6 Å². The molecule has 0 radical (unpaired) electrons. The van der Waals surface area contributed by atoms with Crippen LogP contribution < -0.4 is 10.6 Å². The summed E-state index contributed by atoms with van der Waals surface area (Å²) in [5.74, 6) is 0.445. The fourth-order valence-corrected chi connectivity index (χ4v) is 3.06. The summed E-state index contributed by atoms with van der Waals surface area (Å²) in [6.07, 6.45) is 1.68. The van der Waals surface area contributed by atoms with Gasteiger partial charge in [-0.2, -0.15) is 5.10 Å². The number of pyridine rings is 1. The molecule has 3 N–H and O–H groups in total. The number of rotatable bonds is 3. The Morgan fingerprint density at radius 3 is 2.83 bits per heavy atom. The average Bonchev–Trinajstić information content (AvgIpc) is 3.14. The molecule has 128 valence electrons. The molecular weight excluding hydrogens is 308 g/mol. The van der Waals surface area contributed by atoms with Crippen molar-refractivity contribution in [3.05, 3.63) is 24.0 Å². The third-order valence-electron chi connectivity index (χ3n) is 4.72. The second-order valence-corrected chi connectivity index (χ2v) is 6.18. The lowest BCUT2D eigenvalue weighted by Gasteiger charge is -2.23. The zero-order valence-corrected chi connectivity index (χ0v) is 14.1. The van der Waals surface area contributed by atoms with Gasteiger partial charge in [0.1, 0.15) is 5.82 Å². The van der Waals surface area contributed by atoms with Gasteiger partial charge in [0, 0.05) is 50.2 Å². The van der Waals surface area contributed by atoms with Crippen molar-refractivity contribution < 1.29 is 9.90 Å². The van der Waals surface area contributed by atoms with Gasteiger partial charge in [-0.1, -0.05) is 0 Å². The second-order valence-electron chi connectivity index (χ2n) is 6.18. The molecule has 24 heavy (non-hydrogen) atoms. The van der Waals surface area contributed by atoms with Crippen LogP contribution in [0.25, 0.3) is 11.3 Å². The van der Waals surface area contributed by atoms with E-state index in [1.165, 1.54) is 4.90 Å². The third-order valence-corrected chi connectivity index (χ3v) is 4.72. The molecule has 1 atom stereocenters. The zero-order chi connectivity index (χ0) is 17.4. The van der Waals surface area contributed by atoms with Gasteiger partial charge in [-0.3, -0.25) is 4.68 Å². The molecule has 1 fully saturated rings. The Hall–Kier alpha value is -2.77. The van der Waals surface area contributed by atoms with Crippen LogP contribution >= 0.6 is 0 Å². The van der Waals surface area contributed by atoms with E-state index in [2.05, 4.69) is 15.0 Å². The third kappa shape index (κ3) is 2.86. The van der Waals surface area contributed by atoms with Crippen LogP contribution in [0, 0.1) is 6.92 Å². The highest BCUT2D eigenvalue weighted by Crippen LogP contribution is 2.29. The zero-order valence-electron chi connectivity index (χ0n) is 14.1. The molecule has 1 amide bonds. The molecule has 3 rings (SSSR count). The Morgan fingerprint density at radius 1 is 1.46 bits per heavy atom. The molecule has 1 unspecified atom stereocenters. The molecule has 3 heterocycles. The van der Waals surface area contributed by atoms with Crippen molar-refractivity contribution in [1.29, 1.82) is 0 Å². The van der Waals surface area contributed by atoms with E-state index in [9.17, 15) is 4.79 Å². The first kappa shape index (κ1) is 16.1. The Labute approximate surface area is 140 Å².